The summed E-state index contributed by atoms with van der Waals surface area (Å²) in [5, 5.41) is 5.56. The van der Waals surface area contributed by atoms with Gasteiger partial charge < -0.3 is 14.8 Å². The molecule has 0 radical (unpaired) electrons. The van der Waals surface area contributed by atoms with Crippen LogP contribution in [0.5, 0.6) is 5.75 Å². The topological polar surface area (TPSA) is 77.5 Å². The van der Waals surface area contributed by atoms with E-state index in [4.69, 9.17) is 14.5 Å². The predicted octanol–water partition coefficient (Wildman–Crippen LogP) is 5.54. The Balaban J connectivity index is 1.38. The van der Waals surface area contributed by atoms with Crippen LogP contribution in [0.3, 0.4) is 0 Å². The van der Waals surface area contributed by atoms with Gasteiger partial charge in [-0.25, -0.2) is 9.78 Å². The number of amides is 1. The zero-order valence-corrected chi connectivity index (χ0v) is 19.7. The number of nitrogens with one attached hydrogen (secondary N) is 1. The molecule has 1 heterocycles. The van der Waals surface area contributed by atoms with Crippen molar-refractivity contribution in [1.82, 2.24) is 10.3 Å². The standard InChI is InChI=1S/C30H24N2O4/c1-35-28-16-7-3-10-21(28)18-31-29(33)19-36-30(34)25-17-27(32-26-15-6-5-13-24(25)26)23-14-8-11-20-9-2-4-12-22(20)23/h2-17H,18-19H2,1H3,(H,31,33). The summed E-state index contributed by atoms with van der Waals surface area (Å²) >= 11 is 0. The average Bonchev–Trinajstić information content (AvgIpc) is 2.94. The maximum Gasteiger partial charge on any atom is 0.339 e. The Morgan fingerprint density at radius 1 is 0.833 bits per heavy atom. The van der Waals surface area contributed by atoms with E-state index in [-0.39, 0.29) is 6.54 Å². The van der Waals surface area contributed by atoms with Crippen molar-refractivity contribution in [3.63, 3.8) is 0 Å². The quantitative estimate of drug-likeness (QED) is 0.312. The van der Waals surface area contributed by atoms with E-state index in [1.807, 2.05) is 91.0 Å². The Morgan fingerprint density at radius 3 is 2.42 bits per heavy atom. The monoisotopic (exact) mass is 476 g/mol. The van der Waals surface area contributed by atoms with Crippen LogP contribution in [0, 0.1) is 0 Å². The first-order chi connectivity index (χ1) is 17.6. The van der Waals surface area contributed by atoms with E-state index in [1.54, 1.807) is 13.2 Å². The first kappa shape index (κ1) is 23.1. The molecule has 0 bridgehead atoms. The largest absolute Gasteiger partial charge is 0.496 e. The number of aromatic nitrogens is 1. The van der Waals surface area contributed by atoms with Gasteiger partial charge in [0, 0.05) is 23.1 Å². The molecule has 0 aliphatic carbocycles. The van der Waals surface area contributed by atoms with E-state index in [1.165, 1.54) is 0 Å². The second-order valence-corrected chi connectivity index (χ2v) is 8.26. The van der Waals surface area contributed by atoms with Crippen molar-refractivity contribution in [2.24, 2.45) is 0 Å². The minimum absolute atomic E-state index is 0.268. The summed E-state index contributed by atoms with van der Waals surface area (Å²) in [6.07, 6.45) is 0. The van der Waals surface area contributed by atoms with Crippen molar-refractivity contribution < 1.29 is 19.1 Å². The molecule has 5 rings (SSSR count). The zero-order valence-electron chi connectivity index (χ0n) is 19.7. The fourth-order valence-electron chi connectivity index (χ4n) is 4.23. The summed E-state index contributed by atoms with van der Waals surface area (Å²) in [6.45, 7) is -0.127. The lowest BCUT2D eigenvalue weighted by Gasteiger charge is -2.12. The highest BCUT2D eigenvalue weighted by Gasteiger charge is 2.17. The number of para-hydroxylation sites is 2. The number of pyridine rings is 1. The van der Waals surface area contributed by atoms with Gasteiger partial charge in [-0.1, -0.05) is 78.9 Å². The highest BCUT2D eigenvalue weighted by molar-refractivity contribution is 6.06. The van der Waals surface area contributed by atoms with E-state index < -0.39 is 18.5 Å². The van der Waals surface area contributed by atoms with E-state index >= 15 is 0 Å². The van der Waals surface area contributed by atoms with Crippen LogP contribution in [0.25, 0.3) is 32.9 Å². The molecule has 0 aliphatic rings. The minimum Gasteiger partial charge on any atom is -0.496 e. The smallest absolute Gasteiger partial charge is 0.339 e. The molecule has 178 valence electrons. The molecule has 0 fully saturated rings. The first-order valence-electron chi connectivity index (χ1n) is 11.6. The molecule has 0 saturated carbocycles. The van der Waals surface area contributed by atoms with Gasteiger partial charge in [0.15, 0.2) is 6.61 Å². The van der Waals surface area contributed by atoms with Gasteiger partial charge in [0.1, 0.15) is 5.75 Å². The molecule has 6 heteroatoms. The van der Waals surface area contributed by atoms with Crippen LogP contribution in [-0.4, -0.2) is 30.6 Å². The number of hydrogen-bond acceptors (Lipinski definition) is 5. The molecule has 1 amide bonds. The summed E-state index contributed by atoms with van der Waals surface area (Å²) in [7, 11) is 1.58. The molecule has 36 heavy (non-hydrogen) atoms. The van der Waals surface area contributed by atoms with Crippen LogP contribution in [0.1, 0.15) is 15.9 Å². The maximum absolute atomic E-state index is 13.1. The van der Waals surface area contributed by atoms with Gasteiger partial charge in [-0.05, 0) is 29.0 Å². The third kappa shape index (κ3) is 4.74. The number of carbonyl (C=O) groups is 2. The Morgan fingerprint density at radius 2 is 1.56 bits per heavy atom. The van der Waals surface area contributed by atoms with Crippen LogP contribution in [0.2, 0.25) is 0 Å². The Bertz CT molecular complexity index is 1570. The van der Waals surface area contributed by atoms with Gasteiger partial charge >= 0.3 is 5.97 Å². The van der Waals surface area contributed by atoms with Crippen molar-refractivity contribution in [2.75, 3.05) is 13.7 Å². The molecule has 0 atom stereocenters. The van der Waals surface area contributed by atoms with E-state index in [2.05, 4.69) is 5.32 Å². The summed E-state index contributed by atoms with van der Waals surface area (Å²) < 4.78 is 10.7. The normalized spacial score (nSPS) is 10.8. The van der Waals surface area contributed by atoms with Crippen molar-refractivity contribution >= 4 is 33.6 Å². The number of esters is 1. The second kappa shape index (κ2) is 10.3. The van der Waals surface area contributed by atoms with Gasteiger partial charge in [-0.3, -0.25) is 4.79 Å². The average molecular weight is 477 g/mol. The molecule has 0 aliphatic heterocycles. The highest BCUT2D eigenvalue weighted by Crippen LogP contribution is 2.30. The number of methoxy groups -OCH3 is 1. The summed E-state index contributed by atoms with van der Waals surface area (Å²) in [6, 6.07) is 30.6. The van der Waals surface area contributed by atoms with Crippen LogP contribution in [0.15, 0.2) is 97.1 Å². The zero-order chi connectivity index (χ0) is 24.9. The summed E-state index contributed by atoms with van der Waals surface area (Å²) in [4.78, 5) is 30.4. The molecule has 1 N–H and O–H groups in total. The van der Waals surface area contributed by atoms with E-state index in [9.17, 15) is 9.59 Å². The molecule has 4 aromatic carbocycles. The van der Waals surface area contributed by atoms with Gasteiger partial charge in [-0.15, -0.1) is 0 Å². The first-order valence-corrected chi connectivity index (χ1v) is 11.6. The van der Waals surface area contributed by atoms with Crippen LogP contribution in [0.4, 0.5) is 0 Å². The van der Waals surface area contributed by atoms with Gasteiger partial charge in [0.2, 0.25) is 0 Å². The van der Waals surface area contributed by atoms with E-state index in [0.29, 0.717) is 27.9 Å². The number of nitrogens with zero attached hydrogens (tertiary/aromatic N) is 1. The number of fused-ring (bicyclic) bond motifs is 2. The maximum atomic E-state index is 13.1. The molecule has 0 spiro atoms. The third-order valence-corrected chi connectivity index (χ3v) is 6.00. The molecular formula is C30H24N2O4. The molecule has 0 unspecified atom stereocenters. The fourth-order valence-corrected chi connectivity index (χ4v) is 4.23. The fraction of sp³-hybridized carbons (Fsp3) is 0.100. The number of ether oxygens (including phenoxy) is 2. The molecule has 6 nitrogen and oxygen atoms in total. The summed E-state index contributed by atoms with van der Waals surface area (Å²) in [5.41, 5.74) is 3.46. The Hall–Kier alpha value is -4.71. The Kier molecular flexibility index (Phi) is 6.58. The minimum atomic E-state index is -0.581. The number of hydrogen-bond donors (Lipinski definition) is 1. The Labute approximate surface area is 208 Å². The highest BCUT2D eigenvalue weighted by atomic mass is 16.5. The van der Waals surface area contributed by atoms with Crippen molar-refractivity contribution in [3.8, 4) is 17.0 Å². The lowest BCUT2D eigenvalue weighted by Crippen LogP contribution is -2.28. The lowest BCUT2D eigenvalue weighted by atomic mass is 9.99. The van der Waals surface area contributed by atoms with Crippen molar-refractivity contribution in [1.29, 1.82) is 0 Å². The second-order valence-electron chi connectivity index (χ2n) is 8.26. The van der Waals surface area contributed by atoms with Crippen molar-refractivity contribution in [3.05, 3.63) is 108 Å². The molecular weight excluding hydrogens is 452 g/mol. The van der Waals surface area contributed by atoms with Gasteiger partial charge in [0.25, 0.3) is 5.91 Å². The molecule has 0 saturated heterocycles. The predicted molar refractivity (Wildman–Crippen MR) is 140 cm³/mol. The summed E-state index contributed by atoms with van der Waals surface area (Å²) in [5.74, 6) is -0.302. The van der Waals surface area contributed by atoms with Gasteiger partial charge in [0.05, 0.1) is 23.9 Å². The van der Waals surface area contributed by atoms with Crippen LogP contribution in [-0.2, 0) is 16.1 Å². The molecule has 1 aromatic heterocycles. The molecule has 5 aromatic rings. The van der Waals surface area contributed by atoms with Crippen molar-refractivity contribution in [2.45, 2.75) is 6.54 Å². The van der Waals surface area contributed by atoms with Crippen LogP contribution >= 0.6 is 0 Å². The SMILES string of the molecule is COc1ccccc1CNC(=O)COC(=O)c1cc(-c2cccc3ccccc23)nc2ccccc12. The lowest BCUT2D eigenvalue weighted by molar-refractivity contribution is -0.124. The van der Waals surface area contributed by atoms with E-state index in [0.717, 1.165) is 21.9 Å². The van der Waals surface area contributed by atoms with Crippen LogP contribution < -0.4 is 10.1 Å². The number of carbonyl (C=O) groups excluding carboxylic acids is 2. The third-order valence-electron chi connectivity index (χ3n) is 6.00. The number of benzene rings is 4. The number of rotatable bonds is 7. The van der Waals surface area contributed by atoms with Gasteiger partial charge in [-0.2, -0.15) is 0 Å².